The average Bonchev–Trinajstić information content (AvgIpc) is 2.37. The first-order valence-corrected chi connectivity index (χ1v) is 4.40. The fourth-order valence-corrected chi connectivity index (χ4v) is 1.79. The molecule has 1 atom stereocenters. The maximum absolute atomic E-state index is 10.4. The number of aliphatic carboxylic acids is 1. The predicted octanol–water partition coefficient (Wildman–Crippen LogP) is -0.116. The van der Waals surface area contributed by atoms with Crippen LogP contribution in [0.5, 0.6) is 0 Å². The van der Waals surface area contributed by atoms with Crippen molar-refractivity contribution < 1.29 is 9.90 Å². The molecular formula is C8H16N2O2. The maximum Gasteiger partial charge on any atom is 0.304 e. The first-order chi connectivity index (χ1) is 5.74. The Labute approximate surface area is 72.3 Å². The van der Waals surface area contributed by atoms with E-state index >= 15 is 0 Å². The summed E-state index contributed by atoms with van der Waals surface area (Å²) in [6.07, 6.45) is 2.38. The molecule has 0 amide bonds. The minimum atomic E-state index is -0.705. The highest BCUT2D eigenvalue weighted by Gasteiger charge is 2.25. The molecule has 1 heterocycles. The lowest BCUT2D eigenvalue weighted by atomic mass is 10.1. The van der Waals surface area contributed by atoms with Gasteiger partial charge in [0.2, 0.25) is 0 Å². The Morgan fingerprint density at radius 3 is 3.00 bits per heavy atom. The van der Waals surface area contributed by atoms with Gasteiger partial charge < -0.3 is 10.8 Å². The zero-order valence-electron chi connectivity index (χ0n) is 7.20. The summed E-state index contributed by atoms with van der Waals surface area (Å²) in [5, 5.41) is 8.60. The van der Waals surface area contributed by atoms with Crippen LogP contribution < -0.4 is 5.73 Å². The van der Waals surface area contributed by atoms with E-state index in [4.69, 9.17) is 10.8 Å². The number of nitrogens with two attached hydrogens (primary N) is 1. The van der Waals surface area contributed by atoms with Crippen molar-refractivity contribution in [3.63, 3.8) is 0 Å². The van der Waals surface area contributed by atoms with E-state index in [-0.39, 0.29) is 12.5 Å². The van der Waals surface area contributed by atoms with Gasteiger partial charge in [-0.2, -0.15) is 0 Å². The second kappa shape index (κ2) is 4.42. The van der Waals surface area contributed by atoms with Crippen LogP contribution >= 0.6 is 0 Å². The fraction of sp³-hybridized carbons (Fsp3) is 0.875. The van der Waals surface area contributed by atoms with Crippen molar-refractivity contribution in [1.29, 1.82) is 0 Å². The van der Waals surface area contributed by atoms with Gasteiger partial charge in [-0.05, 0) is 19.4 Å². The Morgan fingerprint density at radius 1 is 1.67 bits per heavy atom. The molecule has 0 saturated carbocycles. The van der Waals surface area contributed by atoms with Gasteiger partial charge >= 0.3 is 5.97 Å². The Bertz CT molecular complexity index is 161. The van der Waals surface area contributed by atoms with Crippen molar-refractivity contribution in [3.8, 4) is 0 Å². The maximum atomic E-state index is 10.4. The number of hydrogen-bond acceptors (Lipinski definition) is 3. The monoisotopic (exact) mass is 172 g/mol. The summed E-state index contributed by atoms with van der Waals surface area (Å²) in [6, 6.07) is 0.228. The minimum Gasteiger partial charge on any atom is -0.481 e. The lowest BCUT2D eigenvalue weighted by molar-refractivity contribution is -0.138. The van der Waals surface area contributed by atoms with Gasteiger partial charge in [-0.15, -0.1) is 0 Å². The van der Waals surface area contributed by atoms with Crippen LogP contribution in [-0.4, -0.2) is 41.7 Å². The van der Waals surface area contributed by atoms with Crippen molar-refractivity contribution in [2.75, 3.05) is 19.6 Å². The van der Waals surface area contributed by atoms with E-state index in [1.165, 1.54) is 0 Å². The van der Waals surface area contributed by atoms with Gasteiger partial charge in [0.1, 0.15) is 0 Å². The highest BCUT2D eigenvalue weighted by Crippen LogP contribution is 2.18. The second-order valence-corrected chi connectivity index (χ2v) is 3.22. The van der Waals surface area contributed by atoms with Crippen LogP contribution in [0.15, 0.2) is 0 Å². The summed E-state index contributed by atoms with van der Waals surface area (Å²) < 4.78 is 0. The summed E-state index contributed by atoms with van der Waals surface area (Å²) in [5.41, 5.74) is 5.41. The van der Waals surface area contributed by atoms with Crippen molar-refractivity contribution in [1.82, 2.24) is 4.90 Å². The minimum absolute atomic E-state index is 0.228. The molecule has 1 rings (SSSR count). The number of hydrogen-bond donors (Lipinski definition) is 2. The molecule has 1 unspecified atom stereocenters. The molecule has 0 bridgehead atoms. The van der Waals surface area contributed by atoms with Gasteiger partial charge in [0.25, 0.3) is 0 Å². The number of nitrogens with zero attached hydrogens (tertiary/aromatic N) is 1. The Morgan fingerprint density at radius 2 is 2.42 bits per heavy atom. The van der Waals surface area contributed by atoms with Crippen LogP contribution in [0.2, 0.25) is 0 Å². The third-order valence-electron chi connectivity index (χ3n) is 2.33. The molecule has 4 heteroatoms. The molecule has 1 saturated heterocycles. The highest BCUT2D eigenvalue weighted by molar-refractivity contribution is 5.67. The van der Waals surface area contributed by atoms with Gasteiger partial charge in [0, 0.05) is 19.1 Å². The normalized spacial score (nSPS) is 24.6. The average molecular weight is 172 g/mol. The molecule has 0 aromatic carbocycles. The first kappa shape index (κ1) is 9.48. The molecule has 0 radical (unpaired) electrons. The summed E-state index contributed by atoms with van der Waals surface area (Å²) in [7, 11) is 0. The van der Waals surface area contributed by atoms with E-state index < -0.39 is 5.97 Å². The lowest BCUT2D eigenvalue weighted by Crippen LogP contribution is -2.35. The quantitative estimate of drug-likeness (QED) is 0.620. The van der Waals surface area contributed by atoms with E-state index in [0.717, 1.165) is 25.9 Å². The zero-order chi connectivity index (χ0) is 8.97. The van der Waals surface area contributed by atoms with Gasteiger partial charge in [-0.1, -0.05) is 0 Å². The van der Waals surface area contributed by atoms with E-state index in [0.29, 0.717) is 6.54 Å². The molecule has 1 aliphatic rings. The van der Waals surface area contributed by atoms with Crippen molar-refractivity contribution in [2.24, 2.45) is 5.73 Å². The van der Waals surface area contributed by atoms with E-state index in [9.17, 15) is 4.79 Å². The van der Waals surface area contributed by atoms with Gasteiger partial charge in [-0.25, -0.2) is 0 Å². The summed E-state index contributed by atoms with van der Waals surface area (Å²) >= 11 is 0. The second-order valence-electron chi connectivity index (χ2n) is 3.22. The molecule has 0 aromatic heterocycles. The predicted molar refractivity (Wildman–Crippen MR) is 45.9 cm³/mol. The van der Waals surface area contributed by atoms with E-state index in [1.807, 2.05) is 0 Å². The number of rotatable bonds is 4. The van der Waals surface area contributed by atoms with E-state index in [2.05, 4.69) is 4.90 Å². The number of carboxylic acids is 1. The number of carboxylic acid groups (broad SMARTS) is 1. The number of likely N-dealkylation sites (tertiary alicyclic amines) is 1. The first-order valence-electron chi connectivity index (χ1n) is 4.40. The van der Waals surface area contributed by atoms with Gasteiger partial charge in [0.05, 0.1) is 6.42 Å². The van der Waals surface area contributed by atoms with Crippen LogP contribution in [0, 0.1) is 0 Å². The summed E-state index contributed by atoms with van der Waals surface area (Å²) in [4.78, 5) is 12.6. The molecule has 3 N–H and O–H groups in total. The molecule has 0 aliphatic carbocycles. The zero-order valence-corrected chi connectivity index (χ0v) is 7.20. The molecule has 1 fully saturated rings. The van der Waals surface area contributed by atoms with Crippen LogP contribution in [0.3, 0.4) is 0 Å². The Hall–Kier alpha value is -0.610. The third-order valence-corrected chi connectivity index (χ3v) is 2.33. The summed E-state index contributed by atoms with van der Waals surface area (Å²) in [6.45, 7) is 2.46. The molecular weight excluding hydrogens is 156 g/mol. The van der Waals surface area contributed by atoms with Crippen LogP contribution in [-0.2, 0) is 4.79 Å². The Kier molecular flexibility index (Phi) is 3.49. The van der Waals surface area contributed by atoms with Crippen molar-refractivity contribution >= 4 is 5.97 Å². The molecule has 12 heavy (non-hydrogen) atoms. The smallest absolute Gasteiger partial charge is 0.304 e. The van der Waals surface area contributed by atoms with Crippen LogP contribution in [0.25, 0.3) is 0 Å². The van der Waals surface area contributed by atoms with E-state index in [1.54, 1.807) is 0 Å². The molecule has 0 spiro atoms. The lowest BCUT2D eigenvalue weighted by Gasteiger charge is -2.21. The fourth-order valence-electron chi connectivity index (χ4n) is 1.79. The molecule has 0 aromatic rings. The Balaban J connectivity index is 2.35. The van der Waals surface area contributed by atoms with Crippen molar-refractivity contribution in [2.45, 2.75) is 25.3 Å². The SMILES string of the molecule is NCCN1CCCC1CC(=O)O. The number of carbonyl (C=O) groups is 1. The topological polar surface area (TPSA) is 66.6 Å². The molecule has 70 valence electrons. The standard InChI is InChI=1S/C8H16N2O2/c9-3-5-10-4-1-2-7(10)6-8(11)12/h7H,1-6,9H2,(H,11,12). The van der Waals surface area contributed by atoms with Gasteiger partial charge in [0.15, 0.2) is 0 Å². The molecule has 1 aliphatic heterocycles. The highest BCUT2D eigenvalue weighted by atomic mass is 16.4. The van der Waals surface area contributed by atoms with Crippen molar-refractivity contribution in [3.05, 3.63) is 0 Å². The summed E-state index contributed by atoms with van der Waals surface area (Å²) in [5.74, 6) is -0.705. The van der Waals surface area contributed by atoms with Gasteiger partial charge in [-0.3, -0.25) is 9.69 Å². The molecule has 4 nitrogen and oxygen atoms in total. The largest absolute Gasteiger partial charge is 0.481 e. The van der Waals surface area contributed by atoms with Crippen LogP contribution in [0.4, 0.5) is 0 Å². The third kappa shape index (κ3) is 2.46. The van der Waals surface area contributed by atoms with Crippen LogP contribution in [0.1, 0.15) is 19.3 Å².